The van der Waals surface area contributed by atoms with Crippen molar-refractivity contribution in [2.75, 3.05) is 0 Å². The van der Waals surface area contributed by atoms with E-state index in [1.165, 1.54) is 103 Å². The average Bonchev–Trinajstić information content (AvgIpc) is 2.56. The van der Waals surface area contributed by atoms with Crippen molar-refractivity contribution in [2.45, 2.75) is 135 Å². The van der Waals surface area contributed by atoms with Crippen molar-refractivity contribution in [3.05, 3.63) is 0 Å². The maximum atomic E-state index is 7.28. The summed E-state index contributed by atoms with van der Waals surface area (Å²) in [5.41, 5.74) is 0. The molecule has 0 aliphatic carbocycles. The van der Waals surface area contributed by atoms with Crippen LogP contribution in [0.1, 0.15) is 130 Å². The summed E-state index contributed by atoms with van der Waals surface area (Å²) in [7, 11) is 0. The molecule has 1 unspecified atom stereocenters. The van der Waals surface area contributed by atoms with Crippen molar-refractivity contribution >= 4 is 11.6 Å². The maximum absolute atomic E-state index is 7.28. The first-order chi connectivity index (χ1) is 11.1. The summed E-state index contributed by atoms with van der Waals surface area (Å²) in [4.78, 5) is 0.0858. The lowest BCUT2D eigenvalue weighted by molar-refractivity contribution is 0.278. The topological polar surface area (TPSA) is 35.0 Å². The summed E-state index contributed by atoms with van der Waals surface area (Å²) in [6.45, 7) is 9.24. The van der Waals surface area contributed by atoms with Gasteiger partial charge in [0.2, 0.25) is 0 Å². The lowest BCUT2D eigenvalue weighted by atomic mass is 9.78. The highest BCUT2D eigenvalue weighted by Gasteiger charge is 2.34. The zero-order valence-electron chi connectivity index (χ0n) is 17.5. The fraction of sp³-hybridized carbons (Fsp3) is 1.00. The highest BCUT2D eigenvalue weighted by molar-refractivity contribution is 6.24. The van der Waals surface area contributed by atoms with E-state index in [2.05, 4.69) is 27.7 Å². The van der Waals surface area contributed by atoms with Crippen molar-refractivity contribution in [3.63, 3.8) is 0 Å². The lowest BCUT2D eigenvalue weighted by Crippen LogP contribution is -2.32. The van der Waals surface area contributed by atoms with Gasteiger partial charge in [0, 0.05) is 4.87 Å². The molecular weight excluding hydrogens is 314 g/mol. The molecule has 24 heavy (non-hydrogen) atoms. The van der Waals surface area contributed by atoms with Gasteiger partial charge in [-0.25, -0.2) is 0 Å². The Bertz CT molecular complexity index is 230. The van der Waals surface area contributed by atoms with Crippen molar-refractivity contribution in [3.8, 4) is 0 Å². The lowest BCUT2D eigenvalue weighted by Gasteiger charge is -2.36. The molecule has 1 atom stereocenters. The van der Waals surface area contributed by atoms with Crippen molar-refractivity contribution in [1.82, 2.24) is 6.15 Å². The molecule has 0 fully saturated rings. The molecular formula is C22H48ClN. The van der Waals surface area contributed by atoms with Gasteiger partial charge in [-0.3, -0.25) is 0 Å². The van der Waals surface area contributed by atoms with Crippen LogP contribution in [0.15, 0.2) is 0 Å². The quantitative estimate of drug-likeness (QED) is 0.203. The summed E-state index contributed by atoms with van der Waals surface area (Å²) in [5, 5.41) is 0. The number of hydrogen-bond acceptors (Lipinski definition) is 1. The third-order valence-electron chi connectivity index (χ3n) is 5.52. The second kappa shape index (κ2) is 18.1. The second-order valence-electron chi connectivity index (χ2n) is 7.61. The molecule has 1 nitrogen and oxygen atoms in total. The van der Waals surface area contributed by atoms with Crippen LogP contribution in [0.3, 0.4) is 0 Å². The summed E-state index contributed by atoms with van der Waals surface area (Å²) < 4.78 is 0. The molecule has 0 rings (SSSR count). The van der Waals surface area contributed by atoms with Gasteiger partial charge in [0.25, 0.3) is 0 Å². The third-order valence-corrected chi connectivity index (χ3v) is 6.21. The van der Waals surface area contributed by atoms with Crippen molar-refractivity contribution in [1.29, 1.82) is 0 Å². The van der Waals surface area contributed by atoms with Crippen LogP contribution >= 0.6 is 11.6 Å². The van der Waals surface area contributed by atoms with Crippen LogP contribution in [0.2, 0.25) is 0 Å². The largest absolute Gasteiger partial charge is 0.344 e. The molecule has 3 N–H and O–H groups in total. The van der Waals surface area contributed by atoms with Crippen molar-refractivity contribution in [2.24, 2.45) is 5.92 Å². The fourth-order valence-corrected chi connectivity index (χ4v) is 4.40. The van der Waals surface area contributed by atoms with Crippen LogP contribution < -0.4 is 6.15 Å². The minimum absolute atomic E-state index is 0. The van der Waals surface area contributed by atoms with E-state index in [1.807, 2.05) is 0 Å². The predicted octanol–water partition coefficient (Wildman–Crippen LogP) is 9.06. The van der Waals surface area contributed by atoms with Crippen molar-refractivity contribution < 1.29 is 0 Å². The molecule has 2 heteroatoms. The number of unbranched alkanes of at least 4 members (excludes halogenated alkanes) is 9. The zero-order valence-corrected chi connectivity index (χ0v) is 18.2. The standard InChI is InChI=1S/C22H45Cl.H3N/c1-5-9-12-15-18-21(8-4)22(23,19-16-13-10-6-2)20-17-14-11-7-3;/h21H,5-20H2,1-4H3;1H3. The van der Waals surface area contributed by atoms with Gasteiger partial charge in [-0.1, -0.05) is 111 Å². The average molecular weight is 362 g/mol. The molecule has 148 valence electrons. The second-order valence-corrected chi connectivity index (χ2v) is 8.36. The normalized spacial score (nSPS) is 12.9. The van der Waals surface area contributed by atoms with Gasteiger partial charge in [0.1, 0.15) is 0 Å². The highest BCUT2D eigenvalue weighted by atomic mass is 35.5. The first-order valence-electron chi connectivity index (χ1n) is 10.8. The van der Waals surface area contributed by atoms with E-state index in [4.69, 9.17) is 11.6 Å². The van der Waals surface area contributed by atoms with Gasteiger partial charge in [0.05, 0.1) is 0 Å². The molecule has 0 saturated carbocycles. The minimum atomic E-state index is 0. The Labute approximate surface area is 159 Å². The predicted molar refractivity (Wildman–Crippen MR) is 114 cm³/mol. The number of hydrogen-bond donors (Lipinski definition) is 1. The Balaban J connectivity index is 0. The van der Waals surface area contributed by atoms with Crippen LogP contribution in [-0.2, 0) is 0 Å². The molecule has 0 spiro atoms. The fourth-order valence-electron chi connectivity index (χ4n) is 3.87. The smallest absolute Gasteiger partial charge is 0.0474 e. The van der Waals surface area contributed by atoms with Gasteiger partial charge in [-0.15, -0.1) is 11.6 Å². The van der Waals surface area contributed by atoms with Gasteiger partial charge in [-0.2, -0.15) is 0 Å². The molecule has 0 aromatic heterocycles. The van der Waals surface area contributed by atoms with E-state index < -0.39 is 0 Å². The highest BCUT2D eigenvalue weighted by Crippen LogP contribution is 2.41. The van der Waals surface area contributed by atoms with Gasteiger partial charge < -0.3 is 6.15 Å². The van der Waals surface area contributed by atoms with Gasteiger partial charge in [0.15, 0.2) is 0 Å². The Morgan fingerprint density at radius 2 is 1.04 bits per heavy atom. The molecule has 0 aromatic rings. The molecule has 0 aliphatic heterocycles. The van der Waals surface area contributed by atoms with Gasteiger partial charge in [-0.05, 0) is 25.2 Å². The molecule has 0 radical (unpaired) electrons. The molecule has 0 aliphatic rings. The van der Waals surface area contributed by atoms with E-state index in [-0.39, 0.29) is 11.0 Å². The SMILES string of the molecule is CCCCCCC(CC)C(Cl)(CCCCCC)CCCCCC.N. The van der Waals surface area contributed by atoms with Gasteiger partial charge >= 0.3 is 0 Å². The molecule has 0 heterocycles. The van der Waals surface area contributed by atoms with E-state index in [0.717, 1.165) is 5.92 Å². The number of alkyl halides is 1. The van der Waals surface area contributed by atoms with E-state index in [0.29, 0.717) is 0 Å². The Morgan fingerprint density at radius 1 is 0.625 bits per heavy atom. The minimum Gasteiger partial charge on any atom is -0.344 e. The third kappa shape index (κ3) is 12.6. The first kappa shape index (κ1) is 26.5. The number of halogens is 1. The van der Waals surface area contributed by atoms with E-state index in [9.17, 15) is 0 Å². The Morgan fingerprint density at radius 3 is 1.42 bits per heavy atom. The summed E-state index contributed by atoms with van der Waals surface area (Å²) >= 11 is 7.28. The van der Waals surface area contributed by atoms with Crippen LogP contribution in [0.25, 0.3) is 0 Å². The molecule has 0 aromatic carbocycles. The Hall–Kier alpha value is 0.250. The molecule has 0 saturated heterocycles. The molecule has 0 amide bonds. The van der Waals surface area contributed by atoms with E-state index in [1.54, 1.807) is 0 Å². The summed E-state index contributed by atoms with van der Waals surface area (Å²) in [5.74, 6) is 0.726. The molecule has 0 bridgehead atoms. The summed E-state index contributed by atoms with van der Waals surface area (Å²) in [6, 6.07) is 0. The number of rotatable bonds is 17. The monoisotopic (exact) mass is 361 g/mol. The Kier molecular flexibility index (Phi) is 19.9. The summed E-state index contributed by atoms with van der Waals surface area (Å²) in [6.07, 6.45) is 21.4. The first-order valence-corrected chi connectivity index (χ1v) is 11.2. The van der Waals surface area contributed by atoms with Crippen LogP contribution in [0.4, 0.5) is 0 Å². The van der Waals surface area contributed by atoms with Crippen LogP contribution in [0, 0.1) is 5.92 Å². The van der Waals surface area contributed by atoms with E-state index >= 15 is 0 Å². The van der Waals surface area contributed by atoms with Crippen LogP contribution in [0.5, 0.6) is 0 Å². The zero-order chi connectivity index (χ0) is 17.4. The van der Waals surface area contributed by atoms with Crippen LogP contribution in [-0.4, -0.2) is 4.87 Å². The maximum Gasteiger partial charge on any atom is 0.0474 e.